The maximum atomic E-state index is 12.3. The monoisotopic (exact) mass is 254 g/mol. The van der Waals surface area contributed by atoms with Crippen LogP contribution in [0.15, 0.2) is 0 Å². The quantitative estimate of drug-likeness (QED) is 0.636. The maximum absolute atomic E-state index is 12.3. The van der Waals surface area contributed by atoms with Crippen LogP contribution >= 0.6 is 0 Å². The number of carbonyl (C=O) groups excluding carboxylic acids is 1. The van der Waals surface area contributed by atoms with E-state index < -0.39 is 0 Å². The smallest absolute Gasteiger partial charge is 0.161 e. The number of hydrogen-bond acceptors (Lipinski definition) is 2. The van der Waals surface area contributed by atoms with E-state index in [1.54, 1.807) is 7.11 Å². The fourth-order valence-corrected chi connectivity index (χ4v) is 3.50. The molecule has 18 heavy (non-hydrogen) atoms. The summed E-state index contributed by atoms with van der Waals surface area (Å²) >= 11 is 0. The number of unbranched alkanes of at least 4 members (excludes halogenated alkanes) is 2. The molecule has 1 rings (SSSR count). The van der Waals surface area contributed by atoms with Crippen LogP contribution in [0.4, 0.5) is 0 Å². The van der Waals surface area contributed by atoms with E-state index >= 15 is 0 Å². The molecule has 3 atom stereocenters. The van der Waals surface area contributed by atoms with Crippen molar-refractivity contribution in [3.05, 3.63) is 0 Å². The number of Topliss-reactive ketones (excluding diaryl/α,β-unsaturated/α-hetero) is 1. The molecule has 0 bridgehead atoms. The zero-order valence-electron chi connectivity index (χ0n) is 12.6. The highest BCUT2D eigenvalue weighted by molar-refractivity contribution is 5.83. The average molecular weight is 254 g/mol. The molecule has 0 aromatic rings. The molecule has 0 spiro atoms. The third-order valence-corrected chi connectivity index (χ3v) is 4.58. The van der Waals surface area contributed by atoms with E-state index in [-0.39, 0.29) is 6.10 Å². The number of ketones is 1. The lowest BCUT2D eigenvalue weighted by Crippen LogP contribution is -2.41. The molecule has 0 saturated heterocycles. The van der Waals surface area contributed by atoms with Crippen LogP contribution in [0.1, 0.15) is 65.7 Å². The van der Waals surface area contributed by atoms with E-state index in [0.29, 0.717) is 30.0 Å². The molecule has 106 valence electrons. The van der Waals surface area contributed by atoms with Gasteiger partial charge in [-0.05, 0) is 24.2 Å². The summed E-state index contributed by atoms with van der Waals surface area (Å²) in [4.78, 5) is 12.3. The molecular formula is C16H30O2. The first-order valence-corrected chi connectivity index (χ1v) is 7.67. The lowest BCUT2D eigenvalue weighted by molar-refractivity contribution is -0.136. The van der Waals surface area contributed by atoms with Crippen molar-refractivity contribution in [3.63, 3.8) is 0 Å². The van der Waals surface area contributed by atoms with Gasteiger partial charge in [0.2, 0.25) is 0 Å². The minimum absolute atomic E-state index is 0.160. The molecule has 0 amide bonds. The summed E-state index contributed by atoms with van der Waals surface area (Å²) in [5.41, 5.74) is 0. The largest absolute Gasteiger partial charge is 0.373 e. The van der Waals surface area contributed by atoms with Gasteiger partial charge in [0, 0.05) is 13.5 Å². The van der Waals surface area contributed by atoms with Crippen molar-refractivity contribution in [2.75, 3.05) is 7.11 Å². The second kappa shape index (κ2) is 7.93. The van der Waals surface area contributed by atoms with Crippen molar-refractivity contribution in [3.8, 4) is 0 Å². The molecule has 3 unspecified atom stereocenters. The Bertz CT molecular complexity index is 239. The van der Waals surface area contributed by atoms with Crippen LogP contribution in [-0.2, 0) is 9.53 Å². The van der Waals surface area contributed by atoms with Crippen LogP contribution in [0.5, 0.6) is 0 Å². The summed E-state index contributed by atoms with van der Waals surface area (Å²) in [6.07, 6.45) is 7.67. The fourth-order valence-electron chi connectivity index (χ4n) is 3.50. The summed E-state index contributed by atoms with van der Waals surface area (Å²) in [5, 5.41) is 0. The Hall–Kier alpha value is -0.370. The van der Waals surface area contributed by atoms with Gasteiger partial charge in [-0.25, -0.2) is 0 Å². The van der Waals surface area contributed by atoms with Crippen LogP contribution in [0, 0.1) is 17.8 Å². The lowest BCUT2D eigenvalue weighted by atomic mass is 9.70. The van der Waals surface area contributed by atoms with Crippen LogP contribution in [0.3, 0.4) is 0 Å². The molecule has 0 aromatic heterocycles. The molecule has 0 aromatic carbocycles. The minimum Gasteiger partial charge on any atom is -0.373 e. The second-order valence-electron chi connectivity index (χ2n) is 6.04. The van der Waals surface area contributed by atoms with Gasteiger partial charge in [0.25, 0.3) is 0 Å². The molecular weight excluding hydrogens is 224 g/mol. The topological polar surface area (TPSA) is 26.3 Å². The van der Waals surface area contributed by atoms with E-state index in [4.69, 9.17) is 4.74 Å². The second-order valence-corrected chi connectivity index (χ2v) is 6.04. The lowest BCUT2D eigenvalue weighted by Gasteiger charge is -2.38. The SMILES string of the molecule is CCCCCC(=O)C(OC)C1C(C)CCCC1C. The van der Waals surface area contributed by atoms with Crippen LogP contribution in [-0.4, -0.2) is 19.0 Å². The Kier molecular flexibility index (Phi) is 6.91. The zero-order chi connectivity index (χ0) is 13.5. The van der Waals surface area contributed by atoms with Gasteiger partial charge < -0.3 is 4.74 Å². The molecule has 0 radical (unpaired) electrons. The van der Waals surface area contributed by atoms with Gasteiger partial charge in [-0.3, -0.25) is 4.79 Å². The maximum Gasteiger partial charge on any atom is 0.161 e. The Morgan fingerprint density at radius 3 is 2.33 bits per heavy atom. The van der Waals surface area contributed by atoms with Gasteiger partial charge in [0.05, 0.1) is 0 Å². The first-order valence-electron chi connectivity index (χ1n) is 7.67. The number of rotatable bonds is 7. The predicted octanol–water partition coefficient (Wildman–Crippen LogP) is 4.22. The fraction of sp³-hybridized carbons (Fsp3) is 0.938. The van der Waals surface area contributed by atoms with E-state index in [9.17, 15) is 4.79 Å². The van der Waals surface area contributed by atoms with Crippen molar-refractivity contribution < 1.29 is 9.53 Å². The van der Waals surface area contributed by atoms with Crippen molar-refractivity contribution in [2.45, 2.75) is 71.8 Å². The van der Waals surface area contributed by atoms with Crippen LogP contribution < -0.4 is 0 Å². The third kappa shape index (κ3) is 4.08. The highest BCUT2D eigenvalue weighted by Gasteiger charge is 2.37. The van der Waals surface area contributed by atoms with Crippen molar-refractivity contribution in [2.24, 2.45) is 17.8 Å². The van der Waals surface area contributed by atoms with Gasteiger partial charge >= 0.3 is 0 Å². The summed E-state index contributed by atoms with van der Waals surface area (Å²) in [6.45, 7) is 6.74. The molecule has 0 aliphatic heterocycles. The van der Waals surface area contributed by atoms with Crippen LogP contribution in [0.2, 0.25) is 0 Å². The molecule has 1 fully saturated rings. The Balaban J connectivity index is 2.59. The molecule has 1 aliphatic rings. The summed E-state index contributed by atoms with van der Waals surface area (Å²) in [6, 6.07) is 0. The summed E-state index contributed by atoms with van der Waals surface area (Å²) in [5.74, 6) is 2.00. The van der Waals surface area contributed by atoms with Gasteiger partial charge in [-0.2, -0.15) is 0 Å². The van der Waals surface area contributed by atoms with E-state index in [0.717, 1.165) is 12.8 Å². The van der Waals surface area contributed by atoms with Crippen molar-refractivity contribution in [1.82, 2.24) is 0 Å². The average Bonchev–Trinajstić information content (AvgIpc) is 2.34. The minimum atomic E-state index is -0.160. The first kappa shape index (κ1) is 15.7. The molecule has 1 saturated carbocycles. The molecule has 0 heterocycles. The highest BCUT2D eigenvalue weighted by Crippen LogP contribution is 2.38. The number of methoxy groups -OCH3 is 1. The summed E-state index contributed by atoms with van der Waals surface area (Å²) < 4.78 is 5.57. The third-order valence-electron chi connectivity index (χ3n) is 4.58. The standard InChI is InChI=1S/C16H30O2/c1-5-6-7-11-14(17)16(18-4)15-12(2)9-8-10-13(15)3/h12-13,15-16H,5-11H2,1-4H3. The van der Waals surface area contributed by atoms with Crippen LogP contribution in [0.25, 0.3) is 0 Å². The number of ether oxygens (including phenoxy) is 1. The first-order chi connectivity index (χ1) is 8.61. The van der Waals surface area contributed by atoms with Crippen molar-refractivity contribution in [1.29, 1.82) is 0 Å². The normalized spacial score (nSPS) is 30.1. The molecule has 1 aliphatic carbocycles. The van der Waals surface area contributed by atoms with Crippen molar-refractivity contribution >= 4 is 5.78 Å². The number of carbonyl (C=O) groups is 1. The zero-order valence-corrected chi connectivity index (χ0v) is 12.6. The van der Waals surface area contributed by atoms with E-state index in [1.165, 1.54) is 25.7 Å². The highest BCUT2D eigenvalue weighted by atomic mass is 16.5. The molecule has 2 heteroatoms. The Morgan fingerprint density at radius 2 is 1.83 bits per heavy atom. The van der Waals surface area contributed by atoms with E-state index in [1.807, 2.05) is 0 Å². The molecule has 2 nitrogen and oxygen atoms in total. The van der Waals surface area contributed by atoms with Gasteiger partial charge in [0.15, 0.2) is 5.78 Å². The Labute approximate surface area is 112 Å². The van der Waals surface area contributed by atoms with E-state index in [2.05, 4.69) is 20.8 Å². The van der Waals surface area contributed by atoms with Gasteiger partial charge in [-0.1, -0.05) is 52.9 Å². The Morgan fingerprint density at radius 1 is 1.22 bits per heavy atom. The predicted molar refractivity (Wildman–Crippen MR) is 75.6 cm³/mol. The van der Waals surface area contributed by atoms with Gasteiger partial charge in [0.1, 0.15) is 6.10 Å². The molecule has 0 N–H and O–H groups in total. The summed E-state index contributed by atoms with van der Waals surface area (Å²) in [7, 11) is 1.70. The number of hydrogen-bond donors (Lipinski definition) is 0. The van der Waals surface area contributed by atoms with Gasteiger partial charge in [-0.15, -0.1) is 0 Å².